The second-order valence-corrected chi connectivity index (χ2v) is 5.38. The Balaban J connectivity index is 2.02. The zero-order chi connectivity index (χ0) is 15.2. The van der Waals surface area contributed by atoms with E-state index in [1.165, 1.54) is 18.9 Å². The maximum atomic E-state index is 12.0. The van der Waals surface area contributed by atoms with Crippen LogP contribution in [0.1, 0.15) is 5.56 Å². The van der Waals surface area contributed by atoms with Crippen LogP contribution in [0.3, 0.4) is 0 Å². The van der Waals surface area contributed by atoms with E-state index in [1.807, 2.05) is 11.4 Å². The third kappa shape index (κ3) is 4.05. The summed E-state index contributed by atoms with van der Waals surface area (Å²) in [7, 11) is 1.25. The molecule has 1 N–H and O–H groups in total. The summed E-state index contributed by atoms with van der Waals surface area (Å²) >= 11 is 7.64. The predicted molar refractivity (Wildman–Crippen MR) is 82.0 cm³/mol. The molecule has 2 aromatic rings. The molecule has 6 nitrogen and oxygen atoms in total. The van der Waals surface area contributed by atoms with Crippen molar-refractivity contribution >= 4 is 34.6 Å². The van der Waals surface area contributed by atoms with E-state index in [0.717, 1.165) is 11.1 Å². The second kappa shape index (κ2) is 7.24. The first-order valence-electron chi connectivity index (χ1n) is 6.19. The van der Waals surface area contributed by atoms with Crippen LogP contribution in [0.5, 0.6) is 0 Å². The molecular formula is C13H14ClN3O3S. The van der Waals surface area contributed by atoms with Gasteiger partial charge in [0.25, 0.3) is 5.56 Å². The molecule has 0 aliphatic carbocycles. The molecule has 0 saturated carbocycles. The molecule has 2 rings (SSSR count). The van der Waals surface area contributed by atoms with E-state index in [0.29, 0.717) is 12.2 Å². The van der Waals surface area contributed by atoms with Crippen LogP contribution in [-0.2, 0) is 22.5 Å². The number of ether oxygens (including phenoxy) is 1. The Bertz CT molecular complexity index is 670. The van der Waals surface area contributed by atoms with Gasteiger partial charge in [0.2, 0.25) is 0 Å². The van der Waals surface area contributed by atoms with E-state index in [-0.39, 0.29) is 11.6 Å². The van der Waals surface area contributed by atoms with Gasteiger partial charge in [-0.1, -0.05) is 11.6 Å². The number of methoxy groups -OCH3 is 1. The highest BCUT2D eigenvalue weighted by molar-refractivity contribution is 7.07. The molecule has 0 fully saturated rings. The van der Waals surface area contributed by atoms with Gasteiger partial charge in [0.15, 0.2) is 0 Å². The van der Waals surface area contributed by atoms with Gasteiger partial charge in [0.05, 0.1) is 19.0 Å². The molecule has 0 saturated heterocycles. The SMILES string of the molecule is COC(=O)Cn1ncc(NCCc2ccsc2)c(Cl)c1=O. The lowest BCUT2D eigenvalue weighted by molar-refractivity contribution is -0.141. The van der Waals surface area contributed by atoms with E-state index in [9.17, 15) is 9.59 Å². The van der Waals surface area contributed by atoms with Crippen molar-refractivity contribution in [1.29, 1.82) is 0 Å². The lowest BCUT2D eigenvalue weighted by atomic mass is 10.2. The molecule has 0 aliphatic heterocycles. The van der Waals surface area contributed by atoms with Crippen LogP contribution < -0.4 is 10.9 Å². The third-order valence-electron chi connectivity index (χ3n) is 2.80. The quantitative estimate of drug-likeness (QED) is 0.819. The van der Waals surface area contributed by atoms with E-state index < -0.39 is 11.5 Å². The number of aromatic nitrogens is 2. The standard InChI is InChI=1S/C13H14ClN3O3S/c1-20-11(18)7-17-13(19)12(14)10(6-16-17)15-4-2-9-3-5-21-8-9/h3,5-6,8,15H,2,4,7H2,1H3. The smallest absolute Gasteiger partial charge is 0.327 e. The van der Waals surface area contributed by atoms with Gasteiger partial charge in [0.1, 0.15) is 11.6 Å². The zero-order valence-corrected chi connectivity index (χ0v) is 12.9. The minimum atomic E-state index is -0.557. The maximum absolute atomic E-state index is 12.0. The lowest BCUT2D eigenvalue weighted by Crippen LogP contribution is -2.28. The number of hydrogen-bond acceptors (Lipinski definition) is 6. The molecule has 8 heteroatoms. The molecule has 0 atom stereocenters. The fourth-order valence-electron chi connectivity index (χ4n) is 1.66. The molecule has 0 aliphatic rings. The van der Waals surface area contributed by atoms with Crippen molar-refractivity contribution in [2.75, 3.05) is 19.0 Å². The van der Waals surface area contributed by atoms with Crippen molar-refractivity contribution in [2.24, 2.45) is 0 Å². The monoisotopic (exact) mass is 327 g/mol. The minimum absolute atomic E-state index is 0.0132. The fraction of sp³-hybridized carbons (Fsp3) is 0.308. The highest BCUT2D eigenvalue weighted by Gasteiger charge is 2.11. The minimum Gasteiger partial charge on any atom is -0.468 e. The van der Waals surface area contributed by atoms with E-state index in [1.54, 1.807) is 11.3 Å². The first-order chi connectivity index (χ1) is 10.1. The van der Waals surface area contributed by atoms with Crippen LogP contribution in [0.4, 0.5) is 5.69 Å². The Kier molecular flexibility index (Phi) is 5.35. The Morgan fingerprint density at radius 3 is 3.05 bits per heavy atom. The zero-order valence-electron chi connectivity index (χ0n) is 11.3. The van der Waals surface area contributed by atoms with E-state index in [4.69, 9.17) is 11.6 Å². The molecule has 0 radical (unpaired) electrons. The van der Waals surface area contributed by atoms with Crippen molar-refractivity contribution < 1.29 is 9.53 Å². The number of nitrogens with zero attached hydrogens (tertiary/aromatic N) is 2. The van der Waals surface area contributed by atoms with Crippen LogP contribution in [0.25, 0.3) is 0 Å². The summed E-state index contributed by atoms with van der Waals surface area (Å²) in [4.78, 5) is 23.1. The number of rotatable bonds is 6. The summed E-state index contributed by atoms with van der Waals surface area (Å²) in [5, 5.41) is 11.1. The molecule has 2 heterocycles. The highest BCUT2D eigenvalue weighted by Crippen LogP contribution is 2.15. The third-order valence-corrected chi connectivity index (χ3v) is 3.90. The van der Waals surface area contributed by atoms with Crippen molar-refractivity contribution in [3.05, 3.63) is 44.0 Å². The summed E-state index contributed by atoms with van der Waals surface area (Å²) in [6.07, 6.45) is 2.26. The molecule has 2 aromatic heterocycles. The van der Waals surface area contributed by atoms with Gasteiger partial charge in [-0.05, 0) is 28.8 Å². The molecule has 0 spiro atoms. The molecule has 0 unspecified atom stereocenters. The van der Waals surface area contributed by atoms with Crippen LogP contribution in [0.15, 0.2) is 27.8 Å². The largest absolute Gasteiger partial charge is 0.468 e. The van der Waals surface area contributed by atoms with Crippen molar-refractivity contribution in [2.45, 2.75) is 13.0 Å². The van der Waals surface area contributed by atoms with Gasteiger partial charge in [-0.3, -0.25) is 9.59 Å². The van der Waals surface area contributed by atoms with Gasteiger partial charge in [-0.25, -0.2) is 4.68 Å². The maximum Gasteiger partial charge on any atom is 0.327 e. The van der Waals surface area contributed by atoms with Crippen LogP contribution in [-0.4, -0.2) is 29.4 Å². The molecule has 21 heavy (non-hydrogen) atoms. The van der Waals surface area contributed by atoms with Crippen LogP contribution in [0, 0.1) is 0 Å². The van der Waals surface area contributed by atoms with Crippen molar-refractivity contribution in [3.8, 4) is 0 Å². The van der Waals surface area contributed by atoms with Gasteiger partial charge >= 0.3 is 5.97 Å². The number of hydrogen-bond donors (Lipinski definition) is 1. The molecule has 0 amide bonds. The molecule has 0 bridgehead atoms. The summed E-state index contributed by atoms with van der Waals surface area (Å²) < 4.78 is 5.46. The van der Waals surface area contributed by atoms with Gasteiger partial charge in [-0.15, -0.1) is 0 Å². The summed E-state index contributed by atoms with van der Waals surface area (Å²) in [5.41, 5.74) is 1.15. The lowest BCUT2D eigenvalue weighted by Gasteiger charge is -2.09. The van der Waals surface area contributed by atoms with Gasteiger partial charge in [-0.2, -0.15) is 16.4 Å². The average molecular weight is 328 g/mol. The Labute approximate surface area is 130 Å². The number of carbonyl (C=O) groups is 1. The van der Waals surface area contributed by atoms with Crippen molar-refractivity contribution in [3.63, 3.8) is 0 Å². The summed E-state index contributed by atoms with van der Waals surface area (Å²) in [6.45, 7) is 0.378. The number of esters is 1. The molecule has 112 valence electrons. The van der Waals surface area contributed by atoms with Crippen LogP contribution in [0.2, 0.25) is 5.02 Å². The molecular weight excluding hydrogens is 314 g/mol. The first kappa shape index (κ1) is 15.5. The first-order valence-corrected chi connectivity index (χ1v) is 7.51. The van der Waals surface area contributed by atoms with E-state index >= 15 is 0 Å². The van der Waals surface area contributed by atoms with Crippen molar-refractivity contribution in [1.82, 2.24) is 9.78 Å². The number of anilines is 1. The Hall–Kier alpha value is -1.86. The number of thiophene rings is 1. The number of nitrogens with one attached hydrogen (secondary N) is 1. The topological polar surface area (TPSA) is 73.2 Å². The van der Waals surface area contributed by atoms with Crippen LogP contribution >= 0.6 is 22.9 Å². The Morgan fingerprint density at radius 1 is 1.57 bits per heavy atom. The van der Waals surface area contributed by atoms with Gasteiger partial charge < -0.3 is 10.1 Å². The fourth-order valence-corrected chi connectivity index (χ4v) is 2.58. The second-order valence-electron chi connectivity index (χ2n) is 4.22. The highest BCUT2D eigenvalue weighted by atomic mass is 35.5. The number of carbonyl (C=O) groups excluding carboxylic acids is 1. The normalized spacial score (nSPS) is 10.4. The summed E-state index contributed by atoms with van der Waals surface area (Å²) in [5.74, 6) is -0.557. The average Bonchev–Trinajstić information content (AvgIpc) is 2.99. The molecule has 0 aromatic carbocycles. The summed E-state index contributed by atoms with van der Waals surface area (Å²) in [6, 6.07) is 2.04. The van der Waals surface area contributed by atoms with Gasteiger partial charge in [0, 0.05) is 6.54 Å². The number of halogens is 1. The van der Waals surface area contributed by atoms with E-state index in [2.05, 4.69) is 20.5 Å². The predicted octanol–water partition coefficient (Wildman–Crippen LogP) is 1.79. The Morgan fingerprint density at radius 2 is 2.38 bits per heavy atom.